The van der Waals surface area contributed by atoms with Gasteiger partial charge >= 0.3 is 0 Å². The monoisotopic (exact) mass is 344 g/mol. The maximum atomic E-state index is 3.43. The zero-order valence-corrected chi connectivity index (χ0v) is 13.4. The van der Waals surface area contributed by atoms with Crippen LogP contribution >= 0.6 is 22.6 Å². The minimum absolute atomic E-state index is 0.333. The van der Waals surface area contributed by atoms with Crippen molar-refractivity contribution in [3.63, 3.8) is 0 Å². The maximum Gasteiger partial charge on any atom is 0.0295 e. The van der Waals surface area contributed by atoms with E-state index in [9.17, 15) is 0 Å². The van der Waals surface area contributed by atoms with Gasteiger partial charge in [-0.25, -0.2) is 0 Å². The Morgan fingerprint density at radius 3 is 2.00 bits per heavy atom. The highest BCUT2D eigenvalue weighted by molar-refractivity contribution is 14.1. The van der Waals surface area contributed by atoms with Gasteiger partial charge in [0.05, 0.1) is 0 Å². The lowest BCUT2D eigenvalue weighted by atomic mass is 9.65. The van der Waals surface area contributed by atoms with E-state index in [0.29, 0.717) is 5.41 Å². The Labute approximate surface area is 120 Å². The van der Waals surface area contributed by atoms with E-state index in [1.54, 1.807) is 0 Å². The van der Waals surface area contributed by atoms with Gasteiger partial charge in [0.2, 0.25) is 0 Å². The Morgan fingerprint density at radius 1 is 0.941 bits per heavy atom. The first kappa shape index (κ1) is 13.7. The smallest absolute Gasteiger partial charge is 0.0295 e. The maximum absolute atomic E-state index is 3.43. The molecule has 0 aromatic heterocycles. The van der Waals surface area contributed by atoms with Crippen molar-refractivity contribution in [2.24, 2.45) is 23.2 Å². The molecule has 96 valence electrons. The van der Waals surface area contributed by atoms with Gasteiger partial charge < -0.3 is 0 Å². The van der Waals surface area contributed by atoms with E-state index in [-0.39, 0.29) is 0 Å². The van der Waals surface area contributed by atoms with Crippen LogP contribution in [0, 0.1) is 33.0 Å². The summed E-state index contributed by atoms with van der Waals surface area (Å²) in [6.07, 6.45) is 11.5. The van der Waals surface area contributed by atoms with Crippen molar-refractivity contribution >= 4 is 22.6 Å². The van der Waals surface area contributed by atoms with E-state index >= 15 is 0 Å². The normalized spacial score (nSPS) is 42.6. The molecule has 0 aromatic rings. The van der Waals surface area contributed by atoms with Gasteiger partial charge in [0.25, 0.3) is 0 Å². The number of hydrogen-bond donors (Lipinski definition) is 0. The summed E-state index contributed by atoms with van der Waals surface area (Å²) in [4.78, 5) is 0. The Kier molecular flexibility index (Phi) is 4.80. The van der Waals surface area contributed by atoms with Crippen LogP contribution in [0.5, 0.6) is 0 Å². The third-order valence-electron chi connectivity index (χ3n) is 5.21. The molecule has 0 N–H and O–H groups in total. The molecule has 0 saturated heterocycles. The molecule has 0 spiro atoms. The van der Waals surface area contributed by atoms with Gasteiger partial charge in [0.15, 0.2) is 0 Å². The zero-order valence-electron chi connectivity index (χ0n) is 11.3. The van der Waals surface area contributed by atoms with E-state index in [0.717, 1.165) is 17.8 Å². The first-order chi connectivity index (χ1) is 8.13. The van der Waals surface area contributed by atoms with Gasteiger partial charge in [-0.2, -0.15) is 0 Å². The average molecular weight is 344 g/mol. The van der Waals surface area contributed by atoms with Crippen LogP contribution in [0.3, 0.4) is 0 Å². The van der Waals surface area contributed by atoms with Gasteiger partial charge in [-0.3, -0.25) is 0 Å². The molecule has 0 atom stereocenters. The van der Waals surface area contributed by atoms with Crippen molar-refractivity contribution in [3.8, 4) is 9.85 Å². The van der Waals surface area contributed by atoms with E-state index < -0.39 is 0 Å². The number of rotatable bonds is 1. The molecule has 0 amide bonds. The molecule has 2 saturated carbocycles. The zero-order chi connectivity index (χ0) is 12.3. The Hall–Kier alpha value is 0.290. The SMILES string of the molecule is CC1CCC(C2CCC(C)(C#CI)CC2)CC1. The van der Waals surface area contributed by atoms with Crippen molar-refractivity contribution in [2.75, 3.05) is 0 Å². The highest BCUT2D eigenvalue weighted by atomic mass is 127. The lowest BCUT2D eigenvalue weighted by Gasteiger charge is -2.39. The van der Waals surface area contributed by atoms with Crippen molar-refractivity contribution in [3.05, 3.63) is 0 Å². The van der Waals surface area contributed by atoms with Crippen LogP contribution in [-0.4, -0.2) is 0 Å². The molecule has 2 aliphatic carbocycles. The summed E-state index contributed by atoms with van der Waals surface area (Å²) in [5.41, 5.74) is 0.333. The fraction of sp³-hybridized carbons (Fsp3) is 0.875. The van der Waals surface area contributed by atoms with Crippen LogP contribution in [0.1, 0.15) is 65.2 Å². The summed E-state index contributed by atoms with van der Waals surface area (Å²) in [7, 11) is 0. The van der Waals surface area contributed by atoms with Gasteiger partial charge in [0, 0.05) is 28.0 Å². The topological polar surface area (TPSA) is 0 Å². The van der Waals surface area contributed by atoms with E-state index in [1.165, 1.54) is 51.4 Å². The minimum Gasteiger partial charge on any atom is -0.0854 e. The second-order valence-electron chi connectivity index (χ2n) is 6.64. The first-order valence-electron chi connectivity index (χ1n) is 7.26. The van der Waals surface area contributed by atoms with Crippen LogP contribution in [-0.2, 0) is 0 Å². The third kappa shape index (κ3) is 3.63. The minimum atomic E-state index is 0.333. The van der Waals surface area contributed by atoms with Gasteiger partial charge in [0.1, 0.15) is 0 Å². The number of halogens is 1. The van der Waals surface area contributed by atoms with Crippen LogP contribution in [0.25, 0.3) is 0 Å². The highest BCUT2D eigenvalue weighted by Gasteiger charge is 2.34. The standard InChI is InChI=1S/C16H25I/c1-13-3-5-14(6-4-13)15-7-9-16(2,10-8-15)11-12-17/h13-15H,3-10H2,1-2H3. The van der Waals surface area contributed by atoms with Crippen molar-refractivity contribution in [2.45, 2.75) is 65.2 Å². The molecule has 2 rings (SSSR count). The van der Waals surface area contributed by atoms with Crippen molar-refractivity contribution in [1.82, 2.24) is 0 Å². The Morgan fingerprint density at radius 2 is 1.47 bits per heavy atom. The summed E-state index contributed by atoms with van der Waals surface area (Å²) < 4.78 is 3.10. The molecule has 0 nitrogen and oxygen atoms in total. The summed E-state index contributed by atoms with van der Waals surface area (Å²) in [5.74, 6) is 6.48. The lowest BCUT2D eigenvalue weighted by Crippen LogP contribution is -2.29. The van der Waals surface area contributed by atoms with Crippen molar-refractivity contribution < 1.29 is 0 Å². The predicted molar refractivity (Wildman–Crippen MR) is 83.0 cm³/mol. The van der Waals surface area contributed by atoms with Gasteiger partial charge in [-0.1, -0.05) is 25.7 Å². The van der Waals surface area contributed by atoms with Crippen LogP contribution < -0.4 is 0 Å². The third-order valence-corrected chi connectivity index (χ3v) is 5.48. The number of hydrogen-bond acceptors (Lipinski definition) is 0. The van der Waals surface area contributed by atoms with Crippen LogP contribution in [0.2, 0.25) is 0 Å². The van der Waals surface area contributed by atoms with E-state index in [1.807, 2.05) is 0 Å². The molecule has 0 heterocycles. The lowest BCUT2D eigenvalue weighted by molar-refractivity contribution is 0.134. The predicted octanol–water partition coefficient (Wildman–Crippen LogP) is 5.41. The van der Waals surface area contributed by atoms with Gasteiger partial charge in [-0.15, -0.1) is 0 Å². The second kappa shape index (κ2) is 5.95. The average Bonchev–Trinajstić information content (AvgIpc) is 2.31. The molecule has 2 fully saturated rings. The van der Waals surface area contributed by atoms with Crippen LogP contribution in [0.4, 0.5) is 0 Å². The largest absolute Gasteiger partial charge is 0.0854 e. The fourth-order valence-electron chi connectivity index (χ4n) is 3.74. The Balaban J connectivity index is 1.84. The molecule has 2 aliphatic rings. The highest BCUT2D eigenvalue weighted by Crippen LogP contribution is 2.45. The molecule has 0 aromatic carbocycles. The Bertz CT molecular complexity index is 293. The quantitative estimate of drug-likeness (QED) is 0.441. The molecular weight excluding hydrogens is 319 g/mol. The van der Waals surface area contributed by atoms with Crippen LogP contribution in [0.15, 0.2) is 0 Å². The second-order valence-corrected chi connectivity index (χ2v) is 7.18. The molecule has 0 bridgehead atoms. The molecule has 0 aliphatic heterocycles. The molecule has 0 radical (unpaired) electrons. The summed E-state index contributed by atoms with van der Waals surface area (Å²) in [6, 6.07) is 0. The van der Waals surface area contributed by atoms with Gasteiger partial charge in [-0.05, 0) is 67.1 Å². The first-order valence-corrected chi connectivity index (χ1v) is 8.34. The molecule has 1 heteroatoms. The fourth-order valence-corrected chi connectivity index (χ4v) is 4.40. The summed E-state index contributed by atoms with van der Waals surface area (Å²) in [5, 5.41) is 0. The van der Waals surface area contributed by atoms with E-state index in [4.69, 9.17) is 0 Å². The van der Waals surface area contributed by atoms with E-state index in [2.05, 4.69) is 46.3 Å². The summed E-state index contributed by atoms with van der Waals surface area (Å²) >= 11 is 2.19. The summed E-state index contributed by atoms with van der Waals surface area (Å²) in [6.45, 7) is 4.78. The molecular formula is C16H25I. The molecule has 17 heavy (non-hydrogen) atoms. The van der Waals surface area contributed by atoms with Crippen molar-refractivity contribution in [1.29, 1.82) is 0 Å². The molecule has 0 unspecified atom stereocenters.